The summed E-state index contributed by atoms with van der Waals surface area (Å²) in [6.07, 6.45) is 0.506. The van der Waals surface area contributed by atoms with E-state index in [9.17, 15) is 18.0 Å². The van der Waals surface area contributed by atoms with Gasteiger partial charge in [-0.25, -0.2) is 0 Å². The standard InChI is InChI=1S/C26H31ClF3NO2/c1-3-4-5-23(19-8-12-22(27)13-9-19)31-15-14-18(17-25(32)33-2)16-24(31)20-6-10-21(11-7-20)26(28,29)30/h6-13,18,23-24H,3-5,14-17H2,1-2H3. The maximum atomic E-state index is 13.1. The molecule has 2 aromatic rings. The molecule has 7 heteroatoms. The van der Waals surface area contributed by atoms with Crippen LogP contribution >= 0.6 is 11.6 Å². The van der Waals surface area contributed by atoms with E-state index in [4.69, 9.17) is 16.3 Å². The van der Waals surface area contributed by atoms with Crippen molar-refractivity contribution in [3.63, 3.8) is 0 Å². The van der Waals surface area contributed by atoms with E-state index >= 15 is 0 Å². The van der Waals surface area contributed by atoms with E-state index in [1.54, 1.807) is 12.1 Å². The Balaban J connectivity index is 1.95. The van der Waals surface area contributed by atoms with Crippen LogP contribution < -0.4 is 0 Å². The summed E-state index contributed by atoms with van der Waals surface area (Å²) >= 11 is 6.11. The van der Waals surface area contributed by atoms with E-state index in [1.807, 2.05) is 24.3 Å². The summed E-state index contributed by atoms with van der Waals surface area (Å²) < 4.78 is 44.3. The summed E-state index contributed by atoms with van der Waals surface area (Å²) in [5, 5.41) is 0.670. The molecule has 33 heavy (non-hydrogen) atoms. The number of carbonyl (C=O) groups is 1. The van der Waals surface area contributed by atoms with Gasteiger partial charge in [0, 0.05) is 23.5 Å². The number of esters is 1. The zero-order chi connectivity index (χ0) is 24.0. The number of nitrogens with zero attached hydrogens (tertiary/aromatic N) is 1. The summed E-state index contributed by atoms with van der Waals surface area (Å²) in [5.74, 6) is -0.127. The van der Waals surface area contributed by atoms with Gasteiger partial charge in [-0.2, -0.15) is 13.2 Å². The molecule has 1 saturated heterocycles. The Kier molecular flexibility index (Phi) is 8.82. The highest BCUT2D eigenvalue weighted by Gasteiger charge is 2.36. The largest absolute Gasteiger partial charge is 0.469 e. The zero-order valence-electron chi connectivity index (χ0n) is 19.1. The molecule has 0 radical (unpaired) electrons. The number of piperidine rings is 1. The van der Waals surface area contributed by atoms with Crippen molar-refractivity contribution in [1.82, 2.24) is 4.90 Å². The Bertz CT molecular complexity index is 899. The second-order valence-electron chi connectivity index (χ2n) is 8.75. The number of halogens is 4. The van der Waals surface area contributed by atoms with E-state index < -0.39 is 11.7 Å². The summed E-state index contributed by atoms with van der Waals surface area (Å²) in [7, 11) is 1.38. The molecule has 1 aliphatic heterocycles. The van der Waals surface area contributed by atoms with Crippen LogP contribution in [-0.4, -0.2) is 24.5 Å². The van der Waals surface area contributed by atoms with E-state index in [2.05, 4.69) is 11.8 Å². The van der Waals surface area contributed by atoms with Gasteiger partial charge >= 0.3 is 12.1 Å². The maximum Gasteiger partial charge on any atom is 0.416 e. The van der Waals surface area contributed by atoms with Crippen molar-refractivity contribution in [3.8, 4) is 0 Å². The number of rotatable bonds is 8. The average Bonchev–Trinajstić information content (AvgIpc) is 2.80. The van der Waals surface area contributed by atoms with E-state index in [1.165, 1.54) is 7.11 Å². The van der Waals surface area contributed by atoms with E-state index in [0.717, 1.165) is 55.5 Å². The van der Waals surface area contributed by atoms with Crippen LogP contribution in [0.25, 0.3) is 0 Å². The predicted octanol–water partition coefficient (Wildman–Crippen LogP) is 7.61. The first-order chi connectivity index (χ1) is 15.7. The summed E-state index contributed by atoms with van der Waals surface area (Å²) in [6, 6.07) is 13.3. The van der Waals surface area contributed by atoms with Crippen molar-refractivity contribution < 1.29 is 22.7 Å². The molecule has 3 nitrogen and oxygen atoms in total. The van der Waals surface area contributed by atoms with Gasteiger partial charge < -0.3 is 4.74 Å². The molecule has 0 amide bonds. The topological polar surface area (TPSA) is 29.5 Å². The normalized spacial score (nSPS) is 20.4. The van der Waals surface area contributed by atoms with Crippen molar-refractivity contribution in [2.24, 2.45) is 5.92 Å². The molecule has 1 fully saturated rings. The van der Waals surface area contributed by atoms with Crippen LogP contribution in [0.5, 0.6) is 0 Å². The SMILES string of the molecule is CCCCC(c1ccc(Cl)cc1)N1CCC(CC(=O)OC)CC1c1ccc(C(F)(F)F)cc1. The second-order valence-corrected chi connectivity index (χ2v) is 9.19. The molecule has 3 atom stereocenters. The first kappa shape index (κ1) is 25.6. The molecular formula is C26H31ClF3NO2. The summed E-state index contributed by atoms with van der Waals surface area (Å²) in [4.78, 5) is 14.3. The number of methoxy groups -OCH3 is 1. The fourth-order valence-electron chi connectivity index (χ4n) is 4.76. The van der Waals surface area contributed by atoms with Crippen molar-refractivity contribution in [3.05, 3.63) is 70.2 Å². The molecule has 3 rings (SSSR count). The Labute approximate surface area is 198 Å². The minimum atomic E-state index is -4.37. The lowest BCUT2D eigenvalue weighted by atomic mass is 9.82. The Morgan fingerprint density at radius 3 is 2.39 bits per heavy atom. The van der Waals surface area contributed by atoms with Gasteiger partial charge in [0.15, 0.2) is 0 Å². The van der Waals surface area contributed by atoms with Gasteiger partial charge in [-0.3, -0.25) is 9.69 Å². The monoisotopic (exact) mass is 481 g/mol. The molecule has 3 unspecified atom stereocenters. The maximum absolute atomic E-state index is 13.1. The third-order valence-corrected chi connectivity index (χ3v) is 6.80. The molecule has 0 aromatic heterocycles. The first-order valence-corrected chi connectivity index (χ1v) is 11.9. The number of carbonyl (C=O) groups excluding carboxylic acids is 1. The van der Waals surface area contributed by atoms with Gasteiger partial charge in [-0.05, 0) is 67.1 Å². The van der Waals surface area contributed by atoms with Crippen LogP contribution in [-0.2, 0) is 15.7 Å². The van der Waals surface area contributed by atoms with Gasteiger partial charge in [0.05, 0.1) is 12.7 Å². The lowest BCUT2D eigenvalue weighted by Crippen LogP contribution is -2.40. The number of benzene rings is 2. The highest BCUT2D eigenvalue weighted by atomic mass is 35.5. The van der Waals surface area contributed by atoms with Crippen molar-refractivity contribution >= 4 is 17.6 Å². The van der Waals surface area contributed by atoms with Gasteiger partial charge in [-0.15, -0.1) is 0 Å². The quantitative estimate of drug-likeness (QED) is 0.363. The highest BCUT2D eigenvalue weighted by molar-refractivity contribution is 6.30. The third kappa shape index (κ3) is 6.73. The molecule has 0 aliphatic carbocycles. The first-order valence-electron chi connectivity index (χ1n) is 11.5. The highest BCUT2D eigenvalue weighted by Crippen LogP contribution is 2.43. The number of unbranched alkanes of at least 4 members (excludes halogenated alkanes) is 1. The number of hydrogen-bond donors (Lipinski definition) is 0. The van der Waals surface area contributed by atoms with Crippen LogP contribution in [0.4, 0.5) is 13.2 Å². The molecule has 1 heterocycles. The van der Waals surface area contributed by atoms with Gasteiger partial charge in [0.2, 0.25) is 0 Å². The van der Waals surface area contributed by atoms with Crippen LogP contribution in [0.2, 0.25) is 5.02 Å². The van der Waals surface area contributed by atoms with Crippen LogP contribution in [0, 0.1) is 5.92 Å². The number of hydrogen-bond acceptors (Lipinski definition) is 3. The lowest BCUT2D eigenvalue weighted by Gasteiger charge is -2.44. The number of likely N-dealkylation sites (tertiary alicyclic amines) is 1. The van der Waals surface area contributed by atoms with Gasteiger partial charge in [-0.1, -0.05) is 55.6 Å². The smallest absolute Gasteiger partial charge is 0.416 e. The molecular weight excluding hydrogens is 451 g/mol. The minimum Gasteiger partial charge on any atom is -0.469 e. The molecule has 2 aromatic carbocycles. The zero-order valence-corrected chi connectivity index (χ0v) is 19.8. The minimum absolute atomic E-state index is 0.0896. The van der Waals surface area contributed by atoms with Crippen molar-refractivity contribution in [2.45, 2.75) is 63.7 Å². The molecule has 0 N–H and O–H groups in total. The van der Waals surface area contributed by atoms with Crippen molar-refractivity contribution in [1.29, 1.82) is 0 Å². The molecule has 0 spiro atoms. The Morgan fingerprint density at radius 2 is 1.82 bits per heavy atom. The predicted molar refractivity (Wildman–Crippen MR) is 124 cm³/mol. The van der Waals surface area contributed by atoms with Gasteiger partial charge in [0.25, 0.3) is 0 Å². The third-order valence-electron chi connectivity index (χ3n) is 6.54. The van der Waals surface area contributed by atoms with Crippen LogP contribution in [0.15, 0.2) is 48.5 Å². The molecule has 0 saturated carbocycles. The van der Waals surface area contributed by atoms with Gasteiger partial charge in [0.1, 0.15) is 0 Å². The fraction of sp³-hybridized carbons (Fsp3) is 0.500. The average molecular weight is 482 g/mol. The van der Waals surface area contributed by atoms with Crippen molar-refractivity contribution in [2.75, 3.05) is 13.7 Å². The number of ether oxygens (including phenoxy) is 1. The summed E-state index contributed by atoms with van der Waals surface area (Å²) in [6.45, 7) is 2.90. The van der Waals surface area contributed by atoms with Crippen LogP contribution in [0.1, 0.15) is 74.2 Å². The Hall–Kier alpha value is -2.05. The summed E-state index contributed by atoms with van der Waals surface area (Å²) in [5.41, 5.74) is 1.34. The van der Waals surface area contributed by atoms with E-state index in [0.29, 0.717) is 17.9 Å². The molecule has 180 valence electrons. The number of alkyl halides is 3. The van der Waals surface area contributed by atoms with Crippen LogP contribution in [0.3, 0.4) is 0 Å². The van der Waals surface area contributed by atoms with E-state index in [-0.39, 0.29) is 24.0 Å². The fourth-order valence-corrected chi connectivity index (χ4v) is 4.89. The molecule has 0 bridgehead atoms. The lowest BCUT2D eigenvalue weighted by molar-refractivity contribution is -0.142. The second kappa shape index (κ2) is 11.4. The molecule has 1 aliphatic rings. The Morgan fingerprint density at radius 1 is 1.15 bits per heavy atom.